The van der Waals surface area contributed by atoms with E-state index in [9.17, 15) is 33.6 Å². The minimum absolute atomic E-state index is 0.0909. The second-order valence-electron chi connectivity index (χ2n) is 14.7. The number of carbonyl (C=O) groups is 7. The first-order valence-corrected chi connectivity index (χ1v) is 19.8. The average molecular weight is 794 g/mol. The van der Waals surface area contributed by atoms with Crippen LogP contribution in [0.2, 0.25) is 0 Å². The van der Waals surface area contributed by atoms with Gasteiger partial charge in [-0.25, -0.2) is 0 Å². The summed E-state index contributed by atoms with van der Waals surface area (Å²) >= 11 is 0. The molecule has 0 aliphatic rings. The Morgan fingerprint density at radius 2 is 1.09 bits per heavy atom. The third kappa shape index (κ3) is 16.8. The van der Waals surface area contributed by atoms with E-state index in [1.807, 2.05) is 12.1 Å². The lowest BCUT2D eigenvalue weighted by molar-refractivity contribution is -0.138. The van der Waals surface area contributed by atoms with Gasteiger partial charge in [-0.2, -0.15) is 0 Å². The predicted molar refractivity (Wildman–Crippen MR) is 219 cm³/mol. The summed E-state index contributed by atoms with van der Waals surface area (Å²) in [5.74, 6) is -5.84. The molecule has 13 N–H and O–H groups in total. The smallest absolute Gasteiger partial charge is 0.287 e. The third-order valence-corrected chi connectivity index (χ3v) is 9.32. The molecule has 0 heterocycles. The molecule has 0 saturated carbocycles. The van der Waals surface area contributed by atoms with Crippen molar-refractivity contribution in [3.8, 4) is 11.1 Å². The maximum absolute atomic E-state index is 13.7. The number of ketones is 1. The van der Waals surface area contributed by atoms with Crippen LogP contribution in [0.5, 0.6) is 0 Å². The lowest BCUT2D eigenvalue weighted by Crippen LogP contribution is -2.61. The Labute approximate surface area is 335 Å². The molecule has 6 amide bonds. The number of hydrogen-bond acceptors (Lipinski definition) is 10. The number of aryl methyl sites for hydroxylation is 1. The van der Waals surface area contributed by atoms with Crippen molar-refractivity contribution in [2.24, 2.45) is 28.9 Å². The van der Waals surface area contributed by atoms with Crippen molar-refractivity contribution in [1.29, 1.82) is 0 Å². The number of primary amides is 1. The molecule has 314 valence electrons. The van der Waals surface area contributed by atoms with Crippen LogP contribution in [0.25, 0.3) is 11.1 Å². The molecule has 0 aliphatic carbocycles. The van der Waals surface area contributed by atoms with Crippen LogP contribution in [-0.4, -0.2) is 84.6 Å². The van der Waals surface area contributed by atoms with E-state index in [0.29, 0.717) is 44.3 Å². The number of nitrogens with one attached hydrogen (secondary N) is 5. The maximum Gasteiger partial charge on any atom is 0.287 e. The van der Waals surface area contributed by atoms with Crippen LogP contribution >= 0.6 is 0 Å². The summed E-state index contributed by atoms with van der Waals surface area (Å²) in [6.45, 7) is 7.77. The highest BCUT2D eigenvalue weighted by molar-refractivity contribution is 6.37. The van der Waals surface area contributed by atoms with Gasteiger partial charge in [0.25, 0.3) is 17.7 Å². The molecule has 0 bridgehead atoms. The molecular weight excluding hydrogens is 731 g/mol. The van der Waals surface area contributed by atoms with Gasteiger partial charge >= 0.3 is 0 Å². The predicted octanol–water partition coefficient (Wildman–Crippen LogP) is 1.03. The van der Waals surface area contributed by atoms with Crippen LogP contribution in [0.15, 0.2) is 48.5 Å². The van der Waals surface area contributed by atoms with E-state index in [0.717, 1.165) is 30.4 Å². The van der Waals surface area contributed by atoms with E-state index < -0.39 is 71.6 Å². The summed E-state index contributed by atoms with van der Waals surface area (Å²) in [6, 6.07) is 10.8. The zero-order valence-corrected chi connectivity index (χ0v) is 33.7. The van der Waals surface area contributed by atoms with E-state index in [1.54, 1.807) is 26.0 Å². The Morgan fingerprint density at radius 3 is 1.60 bits per heavy atom. The topological polar surface area (TPSA) is 284 Å². The fraction of sp³-hybridized carbons (Fsp3) is 0.537. The van der Waals surface area contributed by atoms with E-state index in [1.165, 1.54) is 12.5 Å². The van der Waals surface area contributed by atoms with Crippen molar-refractivity contribution in [3.05, 3.63) is 59.7 Å². The normalized spacial score (nSPS) is 13.7. The highest BCUT2D eigenvalue weighted by Crippen LogP contribution is 2.21. The van der Waals surface area contributed by atoms with Crippen molar-refractivity contribution >= 4 is 41.2 Å². The first-order chi connectivity index (χ1) is 27.1. The molecule has 57 heavy (non-hydrogen) atoms. The zero-order valence-electron chi connectivity index (χ0n) is 33.7. The Morgan fingerprint density at radius 1 is 0.596 bits per heavy atom. The molecule has 0 fully saturated rings. The number of hydrogen-bond donors (Lipinski definition) is 9. The number of amides is 6. The SMILES string of the molecule is CCCCc1ccc(-c2ccc(C(=O)N[C@@H](CCCCN)C(=O)NC(CCCCN)C(=O)N[C@@H](N)C(=O)N[C@@H](CC(C)C)C(=O)N[C@H](C)C(=O)C(N)=O)cc2)cc1. The molecule has 2 aromatic carbocycles. The van der Waals surface area contributed by atoms with Crippen LogP contribution in [-0.2, 0) is 35.2 Å². The van der Waals surface area contributed by atoms with Crippen molar-refractivity contribution in [2.75, 3.05) is 13.1 Å². The van der Waals surface area contributed by atoms with Gasteiger partial charge < -0.3 is 49.5 Å². The van der Waals surface area contributed by atoms with Gasteiger partial charge in [0.15, 0.2) is 6.17 Å². The van der Waals surface area contributed by atoms with Crippen LogP contribution < -0.4 is 49.5 Å². The number of benzene rings is 2. The summed E-state index contributed by atoms with van der Waals surface area (Å²) in [6.07, 6.45) is 4.30. The van der Waals surface area contributed by atoms with Gasteiger partial charge in [-0.15, -0.1) is 0 Å². The van der Waals surface area contributed by atoms with Gasteiger partial charge in [-0.3, -0.25) is 33.6 Å². The van der Waals surface area contributed by atoms with Gasteiger partial charge in [0.2, 0.25) is 23.5 Å². The highest BCUT2D eigenvalue weighted by atomic mass is 16.2. The molecule has 1 unspecified atom stereocenters. The minimum Gasteiger partial charge on any atom is -0.363 e. The number of Topliss-reactive ketones (excluding diaryl/α,β-unsaturated/α-hetero) is 1. The molecule has 16 nitrogen and oxygen atoms in total. The van der Waals surface area contributed by atoms with Gasteiger partial charge in [-0.05, 0) is 113 Å². The lowest BCUT2D eigenvalue weighted by atomic mass is 10.0. The fourth-order valence-corrected chi connectivity index (χ4v) is 5.97. The summed E-state index contributed by atoms with van der Waals surface area (Å²) in [7, 11) is 0. The van der Waals surface area contributed by atoms with Crippen LogP contribution in [0.4, 0.5) is 0 Å². The molecule has 0 aliphatic heterocycles. The molecule has 16 heteroatoms. The quantitative estimate of drug-likeness (QED) is 0.0371. The first kappa shape index (κ1) is 48.0. The van der Waals surface area contributed by atoms with Crippen LogP contribution in [0.3, 0.4) is 0 Å². The fourth-order valence-electron chi connectivity index (χ4n) is 5.97. The standard InChI is InChI=1S/C41H63N9O7/c1-5-6-11-27-14-16-28(17-15-27)29-18-20-30(21-19-29)37(53)47-31(12-7-9-22-42)38(54)48-32(13-8-10-23-43)39(55)50-35(44)41(57)49-33(24-25(2)3)40(56)46-26(4)34(51)36(45)52/h14-21,25-26,31-33,35H,5-13,22-24,42-44H2,1-4H3,(H2,45,52)(H,46,56)(H,47,53)(H,48,54)(H,49,57)(H,50,55)/t26-,31+,32?,33+,35-/m1/s1. The average Bonchev–Trinajstić information content (AvgIpc) is 3.18. The third-order valence-electron chi connectivity index (χ3n) is 9.32. The summed E-state index contributed by atoms with van der Waals surface area (Å²) < 4.78 is 0. The minimum atomic E-state index is -1.64. The number of unbranched alkanes of at least 4 members (excludes halogenated alkanes) is 3. The van der Waals surface area contributed by atoms with E-state index in [2.05, 4.69) is 57.8 Å². The molecule has 0 saturated heterocycles. The summed E-state index contributed by atoms with van der Waals surface area (Å²) in [4.78, 5) is 90.0. The number of nitrogens with two attached hydrogens (primary N) is 4. The monoisotopic (exact) mass is 793 g/mol. The molecule has 2 rings (SSSR count). The van der Waals surface area contributed by atoms with Crippen molar-refractivity contribution in [3.63, 3.8) is 0 Å². The zero-order chi connectivity index (χ0) is 42.5. The van der Waals surface area contributed by atoms with Crippen LogP contribution in [0, 0.1) is 5.92 Å². The first-order valence-electron chi connectivity index (χ1n) is 19.8. The molecule has 0 aromatic heterocycles. The molecule has 0 radical (unpaired) electrons. The number of carbonyl (C=O) groups excluding carboxylic acids is 7. The Balaban J connectivity index is 2.17. The summed E-state index contributed by atoms with van der Waals surface area (Å²) in [5, 5.41) is 12.8. The largest absolute Gasteiger partial charge is 0.363 e. The van der Waals surface area contributed by atoms with Gasteiger partial charge in [0, 0.05) is 5.56 Å². The number of rotatable bonds is 26. The maximum atomic E-state index is 13.7. The molecule has 5 atom stereocenters. The lowest BCUT2D eigenvalue weighted by Gasteiger charge is -2.26. The van der Waals surface area contributed by atoms with E-state index >= 15 is 0 Å². The Bertz CT molecular complexity index is 1630. The second-order valence-corrected chi connectivity index (χ2v) is 14.7. The molecule has 2 aromatic rings. The van der Waals surface area contributed by atoms with Crippen molar-refractivity contribution in [2.45, 2.75) is 122 Å². The van der Waals surface area contributed by atoms with Crippen molar-refractivity contribution < 1.29 is 33.6 Å². The molecule has 0 spiro atoms. The van der Waals surface area contributed by atoms with Gasteiger partial charge in [0.05, 0.1) is 6.04 Å². The molecular formula is C41H63N9O7. The summed E-state index contributed by atoms with van der Waals surface area (Å²) in [5.41, 5.74) is 26.0. The van der Waals surface area contributed by atoms with Crippen molar-refractivity contribution in [1.82, 2.24) is 26.6 Å². The van der Waals surface area contributed by atoms with Gasteiger partial charge in [0.1, 0.15) is 18.1 Å². The Kier molecular flexibility index (Phi) is 21.2. The van der Waals surface area contributed by atoms with E-state index in [4.69, 9.17) is 22.9 Å². The highest BCUT2D eigenvalue weighted by Gasteiger charge is 2.31. The van der Waals surface area contributed by atoms with Crippen LogP contribution in [0.1, 0.15) is 101 Å². The van der Waals surface area contributed by atoms with Gasteiger partial charge in [-0.1, -0.05) is 63.6 Å². The van der Waals surface area contributed by atoms with E-state index in [-0.39, 0.29) is 25.2 Å². The Hall–Kier alpha value is -5.19. The second kappa shape index (κ2) is 25.1.